The molecule has 148 valence electrons. The molecule has 2 amide bonds. The van der Waals surface area contributed by atoms with Crippen LogP contribution in [0.15, 0.2) is 66.8 Å². The van der Waals surface area contributed by atoms with E-state index in [1.54, 1.807) is 25.1 Å². The number of hydrogen-bond donors (Lipinski definition) is 2. The van der Waals surface area contributed by atoms with E-state index in [0.717, 1.165) is 11.1 Å². The monoisotopic (exact) mass is 394 g/mol. The van der Waals surface area contributed by atoms with Crippen LogP contribution in [0.3, 0.4) is 0 Å². The van der Waals surface area contributed by atoms with Gasteiger partial charge in [0.25, 0.3) is 5.69 Å². The van der Waals surface area contributed by atoms with Crippen molar-refractivity contribution < 1.29 is 14.6 Å². The van der Waals surface area contributed by atoms with E-state index in [-0.39, 0.29) is 17.8 Å². The molecule has 0 saturated heterocycles. The maximum Gasteiger partial charge on any atom is 0.325 e. The van der Waals surface area contributed by atoms with Gasteiger partial charge < -0.3 is 5.32 Å². The number of anilines is 1. The Morgan fingerprint density at radius 3 is 2.41 bits per heavy atom. The second-order valence-electron chi connectivity index (χ2n) is 6.60. The molecule has 0 aromatic heterocycles. The van der Waals surface area contributed by atoms with Gasteiger partial charge in [-0.25, -0.2) is 4.79 Å². The summed E-state index contributed by atoms with van der Waals surface area (Å²) in [6.45, 7) is 1.68. The first-order chi connectivity index (χ1) is 13.8. The third-order valence-corrected chi connectivity index (χ3v) is 4.53. The second-order valence-corrected chi connectivity index (χ2v) is 6.60. The molecule has 0 bridgehead atoms. The third kappa shape index (κ3) is 4.29. The molecular weight excluding hydrogens is 376 g/mol. The zero-order valence-corrected chi connectivity index (χ0v) is 15.5. The molecule has 2 aromatic rings. The highest BCUT2D eigenvalue weighted by Crippen LogP contribution is 2.29. The Balaban J connectivity index is 1.78. The highest BCUT2D eigenvalue weighted by molar-refractivity contribution is 5.92. The fraction of sp³-hybridized carbons (Fsp3) is 0.150. The predicted molar refractivity (Wildman–Crippen MR) is 108 cm³/mol. The maximum atomic E-state index is 12.4. The lowest BCUT2D eigenvalue weighted by Gasteiger charge is -2.25. The number of carbonyl (C=O) groups is 1. The molecule has 9 heteroatoms. The summed E-state index contributed by atoms with van der Waals surface area (Å²) in [6.07, 6.45) is 4.51. The summed E-state index contributed by atoms with van der Waals surface area (Å²) in [5.74, 6) is 0. The van der Waals surface area contributed by atoms with Crippen molar-refractivity contribution in [2.24, 2.45) is 0 Å². The Morgan fingerprint density at radius 2 is 1.83 bits per heavy atom. The number of nitrogens with one attached hydrogen (secondary N) is 2. The molecule has 0 fully saturated rings. The fourth-order valence-corrected chi connectivity index (χ4v) is 3.00. The molecule has 0 heterocycles. The number of nitrogens with zero attached hydrogens (tertiary/aromatic N) is 2. The van der Waals surface area contributed by atoms with Crippen molar-refractivity contribution in [1.82, 2.24) is 5.32 Å². The van der Waals surface area contributed by atoms with Crippen LogP contribution in [-0.2, 0) is 0 Å². The fourth-order valence-electron chi connectivity index (χ4n) is 3.00. The van der Waals surface area contributed by atoms with E-state index in [9.17, 15) is 25.0 Å². The predicted octanol–water partition coefficient (Wildman–Crippen LogP) is 4.04. The Hall–Kier alpha value is -4.01. The zero-order valence-electron chi connectivity index (χ0n) is 15.5. The average Bonchev–Trinajstić information content (AvgIpc) is 2.70. The van der Waals surface area contributed by atoms with E-state index in [1.807, 2.05) is 30.3 Å². The van der Waals surface area contributed by atoms with Crippen LogP contribution in [0.5, 0.6) is 0 Å². The molecule has 0 saturated carbocycles. The number of nitro groups is 2. The molecule has 0 aliphatic heterocycles. The number of hydrogen-bond acceptors (Lipinski definition) is 5. The molecule has 1 aliphatic rings. The SMILES string of the molecule is Cc1ccc(NC(=O)NC2([N+](=O)[O-])C=CC(c3ccccc3)=CC2)c([N+](=O)[O-])c1. The summed E-state index contributed by atoms with van der Waals surface area (Å²) in [5.41, 5.74) is 0.178. The summed E-state index contributed by atoms with van der Waals surface area (Å²) in [6, 6.07) is 12.7. The van der Waals surface area contributed by atoms with Crippen LogP contribution in [0, 0.1) is 27.2 Å². The molecule has 1 unspecified atom stereocenters. The third-order valence-electron chi connectivity index (χ3n) is 4.53. The van der Waals surface area contributed by atoms with Crippen molar-refractivity contribution in [1.29, 1.82) is 0 Å². The number of allylic oxidation sites excluding steroid dienone is 2. The Bertz CT molecular complexity index is 1030. The van der Waals surface area contributed by atoms with Gasteiger partial charge in [-0.15, -0.1) is 0 Å². The van der Waals surface area contributed by atoms with Crippen molar-refractivity contribution in [3.05, 3.63) is 98.1 Å². The van der Waals surface area contributed by atoms with Crippen molar-refractivity contribution in [2.45, 2.75) is 19.0 Å². The van der Waals surface area contributed by atoms with E-state index in [1.165, 1.54) is 18.2 Å². The molecule has 1 atom stereocenters. The molecule has 9 nitrogen and oxygen atoms in total. The average molecular weight is 394 g/mol. The minimum atomic E-state index is -1.85. The molecule has 2 N–H and O–H groups in total. The number of urea groups is 1. The van der Waals surface area contributed by atoms with Crippen LogP contribution in [0.1, 0.15) is 17.5 Å². The van der Waals surface area contributed by atoms with E-state index < -0.39 is 21.5 Å². The van der Waals surface area contributed by atoms with E-state index in [2.05, 4.69) is 10.6 Å². The molecule has 1 aliphatic carbocycles. The van der Waals surface area contributed by atoms with Gasteiger partial charge in [0.1, 0.15) is 5.69 Å². The molecule has 2 aromatic carbocycles. The van der Waals surface area contributed by atoms with Crippen LogP contribution in [0.25, 0.3) is 5.57 Å². The van der Waals surface area contributed by atoms with Crippen molar-refractivity contribution in [2.75, 3.05) is 5.32 Å². The van der Waals surface area contributed by atoms with Crippen LogP contribution in [-0.4, -0.2) is 21.5 Å². The van der Waals surface area contributed by atoms with Crippen molar-refractivity contribution in [3.63, 3.8) is 0 Å². The van der Waals surface area contributed by atoms with Crippen molar-refractivity contribution in [3.8, 4) is 0 Å². The lowest BCUT2D eigenvalue weighted by molar-refractivity contribution is -0.559. The Labute approximate surface area is 166 Å². The lowest BCUT2D eigenvalue weighted by atomic mass is 9.93. The maximum absolute atomic E-state index is 12.4. The first kappa shape index (κ1) is 19.7. The van der Waals surface area contributed by atoms with Crippen LogP contribution < -0.4 is 10.6 Å². The van der Waals surface area contributed by atoms with Gasteiger partial charge in [-0.05, 0) is 35.8 Å². The standard InChI is InChI=1S/C20H18N4O5/c1-14-7-8-17(18(13-14)23(26)27)21-19(25)22-20(24(28)29)11-9-16(10-12-20)15-5-3-2-4-6-15/h2-11,13H,12H2,1H3,(H2,21,22,25). The smallest absolute Gasteiger partial charge is 0.302 e. The van der Waals surface area contributed by atoms with Gasteiger partial charge in [-0.1, -0.05) is 42.5 Å². The molecule has 0 radical (unpaired) electrons. The first-order valence-corrected chi connectivity index (χ1v) is 8.74. The summed E-state index contributed by atoms with van der Waals surface area (Å²) < 4.78 is 0. The van der Waals surface area contributed by atoms with Gasteiger partial charge in [0.05, 0.1) is 16.3 Å². The van der Waals surface area contributed by atoms with Gasteiger partial charge >= 0.3 is 11.7 Å². The molecule has 29 heavy (non-hydrogen) atoms. The second kappa shape index (κ2) is 7.93. The summed E-state index contributed by atoms with van der Waals surface area (Å²) in [5, 5.41) is 27.6. The topological polar surface area (TPSA) is 127 Å². The number of rotatable bonds is 5. The zero-order chi connectivity index (χ0) is 21.0. The summed E-state index contributed by atoms with van der Waals surface area (Å²) in [4.78, 5) is 34.1. The first-order valence-electron chi connectivity index (χ1n) is 8.74. The van der Waals surface area contributed by atoms with E-state index in [4.69, 9.17) is 0 Å². The summed E-state index contributed by atoms with van der Waals surface area (Å²) in [7, 11) is 0. The molecule has 0 spiro atoms. The number of aryl methyl sites for hydroxylation is 1. The Kier molecular flexibility index (Phi) is 5.40. The largest absolute Gasteiger partial charge is 0.325 e. The molecule has 3 rings (SSSR count). The summed E-state index contributed by atoms with van der Waals surface area (Å²) >= 11 is 0. The quantitative estimate of drug-likeness (QED) is 0.449. The van der Waals surface area contributed by atoms with Gasteiger partial charge in [-0.3, -0.25) is 25.5 Å². The van der Waals surface area contributed by atoms with Crippen molar-refractivity contribution >= 4 is 23.0 Å². The highest BCUT2D eigenvalue weighted by atomic mass is 16.6. The van der Waals surface area contributed by atoms with Crippen LogP contribution in [0.2, 0.25) is 0 Å². The number of benzene rings is 2. The lowest BCUT2D eigenvalue weighted by Crippen LogP contribution is -2.54. The number of carbonyl (C=O) groups excluding carboxylic acids is 1. The number of nitro benzene ring substituents is 1. The number of amides is 2. The highest BCUT2D eigenvalue weighted by Gasteiger charge is 2.42. The van der Waals surface area contributed by atoms with Crippen LogP contribution >= 0.6 is 0 Å². The Morgan fingerprint density at radius 1 is 1.10 bits per heavy atom. The van der Waals surface area contributed by atoms with E-state index in [0.29, 0.717) is 5.56 Å². The minimum Gasteiger partial charge on any atom is -0.302 e. The van der Waals surface area contributed by atoms with Gasteiger partial charge in [0.15, 0.2) is 0 Å². The molecular formula is C20H18N4O5. The van der Waals surface area contributed by atoms with Gasteiger partial charge in [0.2, 0.25) is 0 Å². The van der Waals surface area contributed by atoms with Crippen LogP contribution in [0.4, 0.5) is 16.2 Å². The van der Waals surface area contributed by atoms with Gasteiger partial charge in [0, 0.05) is 12.1 Å². The minimum absolute atomic E-state index is 0.0445. The van der Waals surface area contributed by atoms with Gasteiger partial charge in [-0.2, -0.15) is 0 Å². The van der Waals surface area contributed by atoms with E-state index >= 15 is 0 Å². The normalized spacial score (nSPS) is 17.9.